The van der Waals surface area contributed by atoms with Crippen LogP contribution in [0.3, 0.4) is 0 Å². The standard InChI is InChI=1S/C14H12BClN2O2/c1-18-13-7-4-10(15(19)20)8-12(13)17-14(18)9-2-5-11(16)6-3-9/h2-8,19-20H,1H3. The Morgan fingerprint density at radius 2 is 1.80 bits per heavy atom. The van der Waals surface area contributed by atoms with E-state index in [2.05, 4.69) is 4.98 Å². The molecule has 0 atom stereocenters. The minimum Gasteiger partial charge on any atom is -0.423 e. The summed E-state index contributed by atoms with van der Waals surface area (Å²) in [4.78, 5) is 4.55. The van der Waals surface area contributed by atoms with Crippen molar-refractivity contribution in [3.63, 3.8) is 0 Å². The number of aryl methyl sites for hydroxylation is 1. The summed E-state index contributed by atoms with van der Waals surface area (Å²) < 4.78 is 1.96. The summed E-state index contributed by atoms with van der Waals surface area (Å²) in [5.74, 6) is 0.807. The molecule has 2 aromatic carbocycles. The summed E-state index contributed by atoms with van der Waals surface area (Å²) in [6, 6.07) is 12.6. The van der Waals surface area contributed by atoms with Gasteiger partial charge >= 0.3 is 7.12 Å². The molecule has 0 spiro atoms. The fourth-order valence-electron chi connectivity index (χ4n) is 2.23. The zero-order chi connectivity index (χ0) is 14.3. The summed E-state index contributed by atoms with van der Waals surface area (Å²) in [6.45, 7) is 0. The minimum absolute atomic E-state index is 0.429. The van der Waals surface area contributed by atoms with Gasteiger partial charge in [0, 0.05) is 17.6 Å². The number of rotatable bonds is 2. The number of fused-ring (bicyclic) bond motifs is 1. The van der Waals surface area contributed by atoms with Gasteiger partial charge in [-0.1, -0.05) is 17.7 Å². The van der Waals surface area contributed by atoms with Crippen molar-refractivity contribution in [2.24, 2.45) is 7.05 Å². The van der Waals surface area contributed by atoms with Crippen LogP contribution in [0.2, 0.25) is 5.02 Å². The third-order valence-corrected chi connectivity index (χ3v) is 3.56. The number of imidazole rings is 1. The molecule has 0 aliphatic rings. The zero-order valence-electron chi connectivity index (χ0n) is 10.8. The number of nitrogens with zero attached hydrogens (tertiary/aromatic N) is 2. The molecule has 3 rings (SSSR count). The molecule has 0 saturated heterocycles. The molecule has 20 heavy (non-hydrogen) atoms. The molecule has 0 aliphatic carbocycles. The highest BCUT2D eigenvalue weighted by Gasteiger charge is 2.15. The van der Waals surface area contributed by atoms with Gasteiger partial charge in [0.05, 0.1) is 11.0 Å². The highest BCUT2D eigenvalue weighted by atomic mass is 35.5. The van der Waals surface area contributed by atoms with Crippen molar-refractivity contribution in [1.29, 1.82) is 0 Å². The second-order valence-electron chi connectivity index (χ2n) is 4.62. The van der Waals surface area contributed by atoms with Crippen LogP contribution in [0.5, 0.6) is 0 Å². The molecular formula is C14H12BClN2O2. The predicted octanol–water partition coefficient (Wildman–Crippen LogP) is 1.57. The molecule has 1 aromatic heterocycles. The van der Waals surface area contributed by atoms with Gasteiger partial charge < -0.3 is 14.6 Å². The Hall–Kier alpha value is -1.82. The molecule has 0 amide bonds. The Bertz CT molecular complexity index is 769. The first kappa shape index (κ1) is 13.2. The maximum atomic E-state index is 9.21. The minimum atomic E-state index is -1.49. The van der Waals surface area contributed by atoms with E-state index in [1.807, 2.05) is 41.9 Å². The van der Waals surface area contributed by atoms with Gasteiger partial charge in [-0.05, 0) is 41.9 Å². The van der Waals surface area contributed by atoms with Crippen molar-refractivity contribution >= 4 is 35.2 Å². The smallest absolute Gasteiger partial charge is 0.423 e. The summed E-state index contributed by atoms with van der Waals surface area (Å²) >= 11 is 5.89. The lowest BCUT2D eigenvalue weighted by molar-refractivity contribution is 0.426. The van der Waals surface area contributed by atoms with Crippen molar-refractivity contribution in [1.82, 2.24) is 9.55 Å². The summed E-state index contributed by atoms with van der Waals surface area (Å²) in [6.07, 6.45) is 0. The van der Waals surface area contributed by atoms with Crippen molar-refractivity contribution in [3.8, 4) is 11.4 Å². The van der Waals surface area contributed by atoms with Crippen LogP contribution in [0.15, 0.2) is 42.5 Å². The van der Waals surface area contributed by atoms with Crippen LogP contribution >= 0.6 is 11.6 Å². The van der Waals surface area contributed by atoms with E-state index in [-0.39, 0.29) is 0 Å². The Labute approximate surface area is 121 Å². The lowest BCUT2D eigenvalue weighted by atomic mass is 9.80. The van der Waals surface area contributed by atoms with Gasteiger partial charge in [-0.25, -0.2) is 4.98 Å². The van der Waals surface area contributed by atoms with E-state index in [9.17, 15) is 10.0 Å². The molecule has 0 saturated carbocycles. The van der Waals surface area contributed by atoms with Crippen LogP contribution in [0.4, 0.5) is 0 Å². The molecule has 0 unspecified atom stereocenters. The van der Waals surface area contributed by atoms with Crippen molar-refractivity contribution in [2.75, 3.05) is 0 Å². The van der Waals surface area contributed by atoms with Gasteiger partial charge in [0.15, 0.2) is 0 Å². The first-order valence-corrected chi connectivity index (χ1v) is 6.52. The Morgan fingerprint density at radius 3 is 2.45 bits per heavy atom. The molecule has 100 valence electrons. The van der Waals surface area contributed by atoms with E-state index in [0.29, 0.717) is 10.5 Å². The van der Waals surface area contributed by atoms with Crippen LogP contribution in [0, 0.1) is 0 Å². The van der Waals surface area contributed by atoms with Crippen LogP contribution in [0.25, 0.3) is 22.4 Å². The number of halogens is 1. The van der Waals surface area contributed by atoms with E-state index in [1.165, 1.54) is 0 Å². The summed E-state index contributed by atoms with van der Waals surface area (Å²) in [5.41, 5.74) is 3.04. The van der Waals surface area contributed by atoms with Crippen LogP contribution in [-0.4, -0.2) is 26.7 Å². The predicted molar refractivity (Wildman–Crippen MR) is 81.0 cm³/mol. The van der Waals surface area contributed by atoms with Crippen molar-refractivity contribution in [2.45, 2.75) is 0 Å². The number of aromatic nitrogens is 2. The number of hydrogen-bond donors (Lipinski definition) is 2. The van der Waals surface area contributed by atoms with Gasteiger partial charge in [-0.15, -0.1) is 0 Å². The average Bonchev–Trinajstić information content (AvgIpc) is 2.76. The molecule has 0 fully saturated rings. The van der Waals surface area contributed by atoms with Gasteiger partial charge in [0.25, 0.3) is 0 Å². The Balaban J connectivity index is 2.17. The maximum Gasteiger partial charge on any atom is 0.488 e. The molecule has 4 nitrogen and oxygen atoms in total. The van der Waals surface area contributed by atoms with Crippen molar-refractivity contribution in [3.05, 3.63) is 47.5 Å². The van der Waals surface area contributed by atoms with E-state index >= 15 is 0 Å². The third-order valence-electron chi connectivity index (χ3n) is 3.31. The maximum absolute atomic E-state index is 9.21. The third kappa shape index (κ3) is 2.20. The SMILES string of the molecule is Cn1c(-c2ccc(Cl)cc2)nc2cc(B(O)O)ccc21. The molecule has 0 bridgehead atoms. The molecule has 6 heteroatoms. The van der Waals surface area contributed by atoms with E-state index in [4.69, 9.17) is 11.6 Å². The molecule has 1 heterocycles. The number of benzene rings is 2. The van der Waals surface area contributed by atoms with Crippen LogP contribution in [-0.2, 0) is 7.05 Å². The Kier molecular flexibility index (Phi) is 3.26. The lowest BCUT2D eigenvalue weighted by Gasteiger charge is -2.02. The quantitative estimate of drug-likeness (QED) is 0.703. The lowest BCUT2D eigenvalue weighted by Crippen LogP contribution is -2.29. The summed E-state index contributed by atoms with van der Waals surface area (Å²) in [7, 11) is 0.439. The largest absolute Gasteiger partial charge is 0.488 e. The van der Waals surface area contributed by atoms with Crippen LogP contribution < -0.4 is 5.46 Å². The fraction of sp³-hybridized carbons (Fsp3) is 0.0714. The first-order valence-electron chi connectivity index (χ1n) is 6.15. The van der Waals surface area contributed by atoms with Crippen LogP contribution in [0.1, 0.15) is 0 Å². The van der Waals surface area contributed by atoms with Gasteiger partial charge in [-0.2, -0.15) is 0 Å². The van der Waals surface area contributed by atoms with E-state index in [0.717, 1.165) is 22.4 Å². The highest BCUT2D eigenvalue weighted by Crippen LogP contribution is 2.24. The zero-order valence-corrected chi connectivity index (χ0v) is 11.5. The highest BCUT2D eigenvalue weighted by molar-refractivity contribution is 6.58. The number of hydrogen-bond acceptors (Lipinski definition) is 3. The van der Waals surface area contributed by atoms with Gasteiger partial charge in [0.2, 0.25) is 0 Å². The molecule has 0 aliphatic heterocycles. The monoisotopic (exact) mass is 286 g/mol. The molecule has 0 radical (unpaired) electrons. The van der Waals surface area contributed by atoms with Gasteiger partial charge in [0.1, 0.15) is 5.82 Å². The van der Waals surface area contributed by atoms with Crippen molar-refractivity contribution < 1.29 is 10.0 Å². The molecule has 2 N–H and O–H groups in total. The second kappa shape index (κ2) is 4.94. The second-order valence-corrected chi connectivity index (χ2v) is 5.06. The van der Waals surface area contributed by atoms with Gasteiger partial charge in [-0.3, -0.25) is 0 Å². The first-order chi connectivity index (χ1) is 9.56. The summed E-state index contributed by atoms with van der Waals surface area (Å²) in [5, 5.41) is 19.1. The topological polar surface area (TPSA) is 58.3 Å². The van der Waals surface area contributed by atoms with E-state index in [1.54, 1.807) is 12.1 Å². The fourth-order valence-corrected chi connectivity index (χ4v) is 2.36. The average molecular weight is 287 g/mol. The molecular weight excluding hydrogens is 274 g/mol. The normalized spacial score (nSPS) is 11.0. The Morgan fingerprint density at radius 1 is 1.10 bits per heavy atom. The molecule has 3 aromatic rings. The van der Waals surface area contributed by atoms with E-state index < -0.39 is 7.12 Å².